The highest BCUT2D eigenvalue weighted by molar-refractivity contribution is 7.98. The number of halogens is 2. The number of aromatic nitrogens is 3. The first kappa shape index (κ1) is 19.0. The number of nitrogens with zero attached hydrogens (tertiary/aromatic N) is 3. The lowest BCUT2D eigenvalue weighted by Crippen LogP contribution is -2.05. The Hall–Kier alpha value is -1.37. The lowest BCUT2D eigenvalue weighted by molar-refractivity contribution is 0.624. The van der Waals surface area contributed by atoms with Crippen molar-refractivity contribution in [2.24, 2.45) is 0 Å². The molecule has 3 aromatic rings. The quantitative estimate of drug-likeness (QED) is 0.432. The molecule has 27 heavy (non-hydrogen) atoms. The molecule has 0 saturated heterocycles. The molecule has 3 nitrogen and oxygen atoms in total. The Morgan fingerprint density at radius 1 is 1.26 bits per heavy atom. The Morgan fingerprint density at radius 2 is 2.11 bits per heavy atom. The van der Waals surface area contributed by atoms with E-state index in [-0.39, 0.29) is 5.82 Å². The lowest BCUT2D eigenvalue weighted by Gasteiger charge is -2.14. The van der Waals surface area contributed by atoms with E-state index in [1.807, 2.05) is 11.3 Å². The molecule has 0 radical (unpaired) electrons. The molecule has 4 rings (SSSR count). The molecular weight excluding hydrogens is 401 g/mol. The van der Waals surface area contributed by atoms with Crippen LogP contribution >= 0.6 is 34.7 Å². The fourth-order valence-corrected chi connectivity index (χ4v) is 5.89. The van der Waals surface area contributed by atoms with Crippen molar-refractivity contribution >= 4 is 34.7 Å². The van der Waals surface area contributed by atoms with E-state index in [1.165, 1.54) is 47.4 Å². The number of rotatable bonds is 6. The van der Waals surface area contributed by atoms with E-state index in [0.29, 0.717) is 10.8 Å². The standard InChI is InChI=1S/C20H21ClFN3S2/c1-2-9-25-19(16-12-26-18-6-4-3-5-15(16)18)23-24-20(25)27-11-13-7-8-14(22)10-17(13)21/h7-8,10,12H,2-6,9,11H2,1H3. The van der Waals surface area contributed by atoms with E-state index >= 15 is 0 Å². The molecule has 1 aliphatic carbocycles. The Kier molecular flexibility index (Phi) is 5.85. The van der Waals surface area contributed by atoms with Crippen LogP contribution in [0.4, 0.5) is 4.39 Å². The van der Waals surface area contributed by atoms with Crippen molar-refractivity contribution in [3.8, 4) is 11.4 Å². The minimum Gasteiger partial charge on any atom is -0.302 e. The molecule has 7 heteroatoms. The molecule has 2 aromatic heterocycles. The van der Waals surface area contributed by atoms with E-state index in [4.69, 9.17) is 11.6 Å². The summed E-state index contributed by atoms with van der Waals surface area (Å²) in [5.74, 6) is 1.30. The smallest absolute Gasteiger partial charge is 0.191 e. The normalized spacial score (nSPS) is 13.7. The van der Waals surface area contributed by atoms with Gasteiger partial charge in [0.2, 0.25) is 0 Å². The number of hydrogen-bond acceptors (Lipinski definition) is 4. The number of aryl methyl sites for hydroxylation is 1. The van der Waals surface area contributed by atoms with Gasteiger partial charge in [-0.25, -0.2) is 4.39 Å². The van der Waals surface area contributed by atoms with E-state index < -0.39 is 0 Å². The predicted molar refractivity (Wildman–Crippen MR) is 111 cm³/mol. The average Bonchev–Trinajstić information content (AvgIpc) is 3.25. The first-order valence-electron chi connectivity index (χ1n) is 9.27. The highest BCUT2D eigenvalue weighted by atomic mass is 35.5. The Labute approximate surface area is 172 Å². The second-order valence-corrected chi connectivity index (χ2v) is 9.05. The number of thioether (sulfide) groups is 1. The van der Waals surface area contributed by atoms with Gasteiger partial charge in [0.25, 0.3) is 0 Å². The van der Waals surface area contributed by atoms with Gasteiger partial charge in [-0.05, 0) is 55.4 Å². The van der Waals surface area contributed by atoms with Crippen LogP contribution in [-0.2, 0) is 25.1 Å². The summed E-state index contributed by atoms with van der Waals surface area (Å²) in [6.45, 7) is 3.05. The minimum atomic E-state index is -0.313. The van der Waals surface area contributed by atoms with Crippen LogP contribution in [-0.4, -0.2) is 14.8 Å². The third-order valence-electron chi connectivity index (χ3n) is 4.84. The van der Waals surface area contributed by atoms with Gasteiger partial charge in [0.15, 0.2) is 11.0 Å². The maximum absolute atomic E-state index is 13.3. The van der Waals surface area contributed by atoms with Gasteiger partial charge in [-0.1, -0.05) is 36.4 Å². The molecule has 0 fully saturated rings. The first-order chi connectivity index (χ1) is 13.2. The number of benzene rings is 1. The molecule has 0 amide bonds. The Balaban J connectivity index is 1.62. The largest absolute Gasteiger partial charge is 0.302 e. The van der Waals surface area contributed by atoms with Crippen molar-refractivity contribution in [2.75, 3.05) is 0 Å². The zero-order chi connectivity index (χ0) is 18.8. The number of hydrogen-bond donors (Lipinski definition) is 0. The van der Waals surface area contributed by atoms with Gasteiger partial charge in [-0.15, -0.1) is 21.5 Å². The maximum atomic E-state index is 13.3. The van der Waals surface area contributed by atoms with Crippen LogP contribution < -0.4 is 0 Å². The summed E-state index contributed by atoms with van der Waals surface area (Å²) in [6, 6.07) is 4.54. The van der Waals surface area contributed by atoms with E-state index in [2.05, 4.69) is 27.1 Å². The Bertz CT molecular complexity index is 951. The van der Waals surface area contributed by atoms with Crippen LogP contribution in [0.1, 0.15) is 42.2 Å². The van der Waals surface area contributed by atoms with Crippen molar-refractivity contribution in [1.29, 1.82) is 0 Å². The SMILES string of the molecule is CCCn1c(SCc2ccc(F)cc2Cl)nnc1-c1csc2c1CCCC2. The minimum absolute atomic E-state index is 0.313. The number of thiophene rings is 1. The Morgan fingerprint density at radius 3 is 2.93 bits per heavy atom. The summed E-state index contributed by atoms with van der Waals surface area (Å²) >= 11 is 9.62. The van der Waals surface area contributed by atoms with Crippen LogP contribution in [0.2, 0.25) is 5.02 Å². The van der Waals surface area contributed by atoms with E-state index in [0.717, 1.165) is 35.9 Å². The van der Waals surface area contributed by atoms with Crippen LogP contribution in [0, 0.1) is 5.82 Å². The third kappa shape index (κ3) is 3.93. The summed E-state index contributed by atoms with van der Waals surface area (Å²) in [7, 11) is 0. The molecule has 0 unspecified atom stereocenters. The zero-order valence-electron chi connectivity index (χ0n) is 15.2. The molecule has 2 heterocycles. The summed E-state index contributed by atoms with van der Waals surface area (Å²) < 4.78 is 15.5. The zero-order valence-corrected chi connectivity index (χ0v) is 17.6. The second kappa shape index (κ2) is 8.33. The van der Waals surface area contributed by atoms with Crippen molar-refractivity contribution in [3.63, 3.8) is 0 Å². The van der Waals surface area contributed by atoms with Gasteiger partial charge in [0.05, 0.1) is 0 Å². The van der Waals surface area contributed by atoms with E-state index in [9.17, 15) is 4.39 Å². The second-order valence-electron chi connectivity index (χ2n) is 6.74. The summed E-state index contributed by atoms with van der Waals surface area (Å²) in [6.07, 6.45) is 5.88. The predicted octanol–water partition coefficient (Wildman–Crippen LogP) is 6.38. The van der Waals surface area contributed by atoms with Crippen molar-refractivity contribution in [3.05, 3.63) is 50.4 Å². The van der Waals surface area contributed by atoms with Gasteiger partial charge < -0.3 is 4.57 Å². The molecule has 0 saturated carbocycles. The molecule has 0 aliphatic heterocycles. The van der Waals surface area contributed by atoms with Gasteiger partial charge in [-0.3, -0.25) is 0 Å². The van der Waals surface area contributed by atoms with Crippen LogP contribution in [0.5, 0.6) is 0 Å². The molecule has 0 N–H and O–H groups in total. The third-order valence-corrected chi connectivity index (χ3v) is 7.29. The van der Waals surface area contributed by atoms with Crippen LogP contribution in [0.3, 0.4) is 0 Å². The molecule has 1 aromatic carbocycles. The molecule has 0 bridgehead atoms. The molecule has 142 valence electrons. The van der Waals surface area contributed by atoms with Crippen molar-refractivity contribution in [2.45, 2.75) is 56.5 Å². The van der Waals surface area contributed by atoms with Crippen molar-refractivity contribution < 1.29 is 4.39 Å². The monoisotopic (exact) mass is 421 g/mol. The fourth-order valence-electron chi connectivity index (χ4n) is 3.48. The average molecular weight is 422 g/mol. The topological polar surface area (TPSA) is 30.7 Å². The molecule has 0 atom stereocenters. The summed E-state index contributed by atoms with van der Waals surface area (Å²) in [4.78, 5) is 1.51. The van der Waals surface area contributed by atoms with Gasteiger partial charge in [0, 0.05) is 33.1 Å². The maximum Gasteiger partial charge on any atom is 0.191 e. The first-order valence-corrected chi connectivity index (χ1v) is 11.5. The summed E-state index contributed by atoms with van der Waals surface area (Å²) in [5.41, 5.74) is 3.63. The molecular formula is C20H21ClFN3S2. The van der Waals surface area contributed by atoms with Gasteiger partial charge >= 0.3 is 0 Å². The van der Waals surface area contributed by atoms with E-state index in [1.54, 1.807) is 17.8 Å². The van der Waals surface area contributed by atoms with Crippen LogP contribution in [0.15, 0.2) is 28.7 Å². The summed E-state index contributed by atoms with van der Waals surface area (Å²) in [5, 5.41) is 12.6. The highest BCUT2D eigenvalue weighted by Gasteiger charge is 2.22. The molecule has 1 aliphatic rings. The van der Waals surface area contributed by atoms with Crippen LogP contribution in [0.25, 0.3) is 11.4 Å². The van der Waals surface area contributed by atoms with Gasteiger partial charge in [0.1, 0.15) is 5.82 Å². The molecule has 0 spiro atoms. The number of fused-ring (bicyclic) bond motifs is 1. The van der Waals surface area contributed by atoms with Gasteiger partial charge in [-0.2, -0.15) is 0 Å². The fraction of sp³-hybridized carbons (Fsp3) is 0.400. The highest BCUT2D eigenvalue weighted by Crippen LogP contribution is 2.37. The van der Waals surface area contributed by atoms with Crippen molar-refractivity contribution in [1.82, 2.24) is 14.8 Å². The lowest BCUT2D eigenvalue weighted by atomic mass is 9.95.